The van der Waals surface area contributed by atoms with Gasteiger partial charge in [-0.25, -0.2) is 0 Å². The minimum atomic E-state index is 0.654. The molecule has 3 nitrogen and oxygen atoms in total. The van der Waals surface area contributed by atoms with Gasteiger partial charge in [0, 0.05) is 23.1 Å². The lowest BCUT2D eigenvalue weighted by Gasteiger charge is -2.11. The van der Waals surface area contributed by atoms with Crippen LogP contribution >= 0.6 is 0 Å². The molecule has 29 heavy (non-hydrogen) atoms. The molecule has 0 amide bonds. The third-order valence-electron chi connectivity index (χ3n) is 5.26. The average molecular weight is 378 g/mol. The van der Waals surface area contributed by atoms with E-state index >= 15 is 0 Å². The van der Waals surface area contributed by atoms with E-state index in [1.54, 1.807) is 7.11 Å². The van der Waals surface area contributed by atoms with Crippen molar-refractivity contribution in [2.45, 2.75) is 13.8 Å². The van der Waals surface area contributed by atoms with E-state index < -0.39 is 0 Å². The van der Waals surface area contributed by atoms with Crippen molar-refractivity contribution in [3.05, 3.63) is 95.3 Å². The van der Waals surface area contributed by atoms with E-state index in [0.717, 1.165) is 39.3 Å². The van der Waals surface area contributed by atoms with Gasteiger partial charge in [-0.15, -0.1) is 0 Å². The summed E-state index contributed by atoms with van der Waals surface area (Å²) < 4.78 is 7.55. The van der Waals surface area contributed by atoms with Gasteiger partial charge in [0.2, 0.25) is 0 Å². The standard InChI is InChI=1S/C26H22N2O/c1-18-13-23(19(2)28(18)25-9-6-10-26(16-25)29-3)15-24(17-27)22-12-11-20-7-4-5-8-21(20)14-22/h4-16H,1-3H3/b24-15+. The van der Waals surface area contributed by atoms with Crippen molar-refractivity contribution >= 4 is 22.4 Å². The van der Waals surface area contributed by atoms with Crippen molar-refractivity contribution in [1.82, 2.24) is 4.57 Å². The Kier molecular flexibility index (Phi) is 4.93. The maximum absolute atomic E-state index is 9.82. The first kappa shape index (κ1) is 18.6. The Morgan fingerprint density at radius 2 is 1.72 bits per heavy atom. The highest BCUT2D eigenvalue weighted by Crippen LogP contribution is 2.28. The van der Waals surface area contributed by atoms with Gasteiger partial charge in [-0.3, -0.25) is 0 Å². The molecular weight excluding hydrogens is 356 g/mol. The summed E-state index contributed by atoms with van der Waals surface area (Å²) in [5.74, 6) is 0.820. The highest BCUT2D eigenvalue weighted by Gasteiger charge is 2.12. The van der Waals surface area contributed by atoms with E-state index in [-0.39, 0.29) is 0 Å². The Balaban J connectivity index is 1.79. The molecule has 0 aliphatic rings. The Hall–Kier alpha value is -3.77. The van der Waals surface area contributed by atoms with Gasteiger partial charge in [0.25, 0.3) is 0 Å². The maximum Gasteiger partial charge on any atom is 0.120 e. The molecule has 0 radical (unpaired) electrons. The van der Waals surface area contributed by atoms with Crippen molar-refractivity contribution in [3.63, 3.8) is 0 Å². The number of nitrogens with zero attached hydrogens (tertiary/aromatic N) is 2. The van der Waals surface area contributed by atoms with Gasteiger partial charge >= 0.3 is 0 Å². The van der Waals surface area contributed by atoms with Crippen molar-refractivity contribution in [3.8, 4) is 17.5 Å². The predicted octanol–water partition coefficient (Wildman–Crippen LogP) is 6.32. The van der Waals surface area contributed by atoms with Crippen LogP contribution in [0.15, 0.2) is 72.8 Å². The van der Waals surface area contributed by atoms with E-state index in [1.165, 1.54) is 5.39 Å². The number of aryl methyl sites for hydroxylation is 1. The lowest BCUT2D eigenvalue weighted by molar-refractivity contribution is 0.414. The van der Waals surface area contributed by atoms with Crippen LogP contribution < -0.4 is 4.74 Å². The molecular formula is C26H22N2O. The fourth-order valence-corrected chi connectivity index (χ4v) is 3.77. The molecule has 0 fully saturated rings. The Labute approximate surface area is 171 Å². The SMILES string of the molecule is COc1cccc(-n2c(C)cc(/C=C(\C#N)c3ccc4ccccc4c3)c2C)c1. The summed E-state index contributed by atoms with van der Waals surface area (Å²) in [4.78, 5) is 0. The van der Waals surface area contributed by atoms with Gasteiger partial charge in [0.15, 0.2) is 0 Å². The summed E-state index contributed by atoms with van der Waals surface area (Å²) in [5.41, 5.74) is 5.86. The molecule has 0 aliphatic carbocycles. The van der Waals surface area contributed by atoms with Crippen LogP contribution in [0.2, 0.25) is 0 Å². The Bertz CT molecular complexity index is 1270. The zero-order chi connectivity index (χ0) is 20.4. The number of fused-ring (bicyclic) bond motifs is 1. The molecule has 0 N–H and O–H groups in total. The molecule has 0 unspecified atom stereocenters. The summed E-state index contributed by atoms with van der Waals surface area (Å²) in [7, 11) is 1.67. The van der Waals surface area contributed by atoms with E-state index in [0.29, 0.717) is 5.57 Å². The normalized spacial score (nSPS) is 11.4. The first-order chi connectivity index (χ1) is 14.1. The summed E-state index contributed by atoms with van der Waals surface area (Å²) in [6, 6.07) is 26.8. The second-order valence-corrected chi connectivity index (χ2v) is 7.10. The number of allylic oxidation sites excluding steroid dienone is 1. The summed E-state index contributed by atoms with van der Waals surface area (Å²) in [5, 5.41) is 12.1. The number of nitriles is 1. The molecule has 0 atom stereocenters. The summed E-state index contributed by atoms with van der Waals surface area (Å²) in [6.07, 6.45) is 1.98. The zero-order valence-corrected chi connectivity index (χ0v) is 16.8. The monoisotopic (exact) mass is 378 g/mol. The third kappa shape index (κ3) is 3.53. The molecule has 3 aromatic carbocycles. The van der Waals surface area contributed by atoms with Gasteiger partial charge in [-0.2, -0.15) is 5.26 Å². The number of rotatable bonds is 4. The lowest BCUT2D eigenvalue weighted by atomic mass is 10.0. The second-order valence-electron chi connectivity index (χ2n) is 7.10. The number of ether oxygens (including phenoxy) is 1. The van der Waals surface area contributed by atoms with Crippen molar-refractivity contribution in [2.24, 2.45) is 0 Å². The minimum Gasteiger partial charge on any atom is -0.497 e. The number of benzene rings is 3. The number of aromatic nitrogens is 1. The smallest absolute Gasteiger partial charge is 0.120 e. The lowest BCUT2D eigenvalue weighted by Crippen LogP contribution is -1.99. The highest BCUT2D eigenvalue weighted by atomic mass is 16.5. The van der Waals surface area contributed by atoms with Crippen molar-refractivity contribution in [2.75, 3.05) is 7.11 Å². The predicted molar refractivity (Wildman–Crippen MR) is 119 cm³/mol. The molecule has 0 bridgehead atoms. The first-order valence-electron chi connectivity index (χ1n) is 9.55. The third-order valence-corrected chi connectivity index (χ3v) is 5.26. The number of hydrogen-bond donors (Lipinski definition) is 0. The van der Waals surface area contributed by atoms with E-state index in [1.807, 2.05) is 42.5 Å². The summed E-state index contributed by atoms with van der Waals surface area (Å²) >= 11 is 0. The van der Waals surface area contributed by atoms with Crippen LogP contribution in [-0.2, 0) is 0 Å². The number of methoxy groups -OCH3 is 1. The van der Waals surface area contributed by atoms with Crippen molar-refractivity contribution < 1.29 is 4.74 Å². The molecule has 4 rings (SSSR count). The molecule has 0 spiro atoms. The Morgan fingerprint density at radius 3 is 2.48 bits per heavy atom. The summed E-state index contributed by atoms with van der Waals surface area (Å²) in [6.45, 7) is 4.15. The Morgan fingerprint density at radius 1 is 0.931 bits per heavy atom. The quantitative estimate of drug-likeness (QED) is 0.390. The fourth-order valence-electron chi connectivity index (χ4n) is 3.77. The topological polar surface area (TPSA) is 38.0 Å². The second kappa shape index (κ2) is 7.69. The fraction of sp³-hybridized carbons (Fsp3) is 0.115. The molecule has 1 aromatic heterocycles. The zero-order valence-electron chi connectivity index (χ0n) is 16.8. The van der Waals surface area contributed by atoms with Crippen LogP contribution in [0.3, 0.4) is 0 Å². The molecule has 1 heterocycles. The van der Waals surface area contributed by atoms with E-state index in [4.69, 9.17) is 4.74 Å². The molecule has 0 saturated carbocycles. The van der Waals surface area contributed by atoms with Gasteiger partial charge in [-0.1, -0.05) is 42.5 Å². The van der Waals surface area contributed by atoms with Gasteiger partial charge in [-0.05, 0) is 66.1 Å². The van der Waals surface area contributed by atoms with Crippen LogP contribution in [0.4, 0.5) is 0 Å². The van der Waals surface area contributed by atoms with Gasteiger partial charge < -0.3 is 9.30 Å². The minimum absolute atomic E-state index is 0.654. The molecule has 3 heteroatoms. The van der Waals surface area contributed by atoms with Crippen LogP contribution in [-0.4, -0.2) is 11.7 Å². The van der Waals surface area contributed by atoms with Gasteiger partial charge in [0.05, 0.1) is 18.8 Å². The van der Waals surface area contributed by atoms with Crippen LogP contribution in [0.5, 0.6) is 5.75 Å². The van der Waals surface area contributed by atoms with E-state index in [9.17, 15) is 5.26 Å². The average Bonchev–Trinajstić information content (AvgIpc) is 3.04. The maximum atomic E-state index is 9.82. The molecule has 142 valence electrons. The van der Waals surface area contributed by atoms with Crippen LogP contribution in [0.1, 0.15) is 22.5 Å². The largest absolute Gasteiger partial charge is 0.497 e. The molecule has 0 aliphatic heterocycles. The molecule has 0 saturated heterocycles. The van der Waals surface area contributed by atoms with Crippen LogP contribution in [0, 0.1) is 25.2 Å². The number of hydrogen-bond acceptors (Lipinski definition) is 2. The van der Waals surface area contributed by atoms with Crippen LogP contribution in [0.25, 0.3) is 28.1 Å². The van der Waals surface area contributed by atoms with E-state index in [2.05, 4.69) is 60.9 Å². The molecule has 4 aromatic rings. The first-order valence-corrected chi connectivity index (χ1v) is 9.55. The highest BCUT2D eigenvalue weighted by molar-refractivity contribution is 5.94. The van der Waals surface area contributed by atoms with Crippen molar-refractivity contribution in [1.29, 1.82) is 5.26 Å². The van der Waals surface area contributed by atoms with Gasteiger partial charge in [0.1, 0.15) is 5.75 Å².